The van der Waals surface area contributed by atoms with E-state index in [-0.39, 0.29) is 27.4 Å². The maximum atomic E-state index is 4.14. The summed E-state index contributed by atoms with van der Waals surface area (Å²) in [6.45, 7) is 0. The van der Waals surface area contributed by atoms with Crippen molar-refractivity contribution in [2.24, 2.45) is 0 Å². The van der Waals surface area contributed by atoms with E-state index < -0.39 is 7.92 Å². The fraction of sp³-hybridized carbons (Fsp3) is 0.143. The molecule has 0 N–H and O–H groups in total. The van der Waals surface area contributed by atoms with Crippen molar-refractivity contribution in [3.8, 4) is 0 Å². The Kier molecular flexibility index (Phi) is 10.8. The quantitative estimate of drug-likeness (QED) is 0.101. The van der Waals surface area contributed by atoms with Gasteiger partial charge in [-0.1, -0.05) is 153 Å². The van der Waals surface area contributed by atoms with Crippen molar-refractivity contribution in [2.45, 2.75) is 15.8 Å². The number of hydrogen-bond donors (Lipinski definition) is 0. The van der Waals surface area contributed by atoms with Crippen LogP contribution in [0.15, 0.2) is 121 Å². The maximum Gasteiger partial charge on any atom is 0.108 e. The minimum atomic E-state index is -0.593. The Morgan fingerprint density at radius 3 is 1.21 bits per heavy atom. The molecule has 0 radical (unpaired) electrons. The Labute approximate surface area is 227 Å². The number of halogens is 2. The molecule has 0 aliphatic heterocycles. The third-order valence-electron chi connectivity index (χ3n) is 5.35. The van der Waals surface area contributed by atoms with Crippen molar-refractivity contribution in [1.29, 1.82) is 0 Å². The number of rotatable bonds is 9. The zero-order valence-corrected chi connectivity index (χ0v) is 24.1. The van der Waals surface area contributed by atoms with E-state index in [2.05, 4.69) is 153 Å². The normalized spacial score (nSPS) is 11.4. The summed E-state index contributed by atoms with van der Waals surface area (Å²) in [5.74, 6) is 0. The number of benzene rings is 4. The molecule has 0 aromatic heterocycles. The van der Waals surface area contributed by atoms with Gasteiger partial charge in [-0.05, 0) is 56.1 Å². The first kappa shape index (κ1) is 26.8. The summed E-state index contributed by atoms with van der Waals surface area (Å²) in [7, 11) is -0.959. The molecule has 0 heterocycles. The smallest absolute Gasteiger partial charge is 0.0669 e. The van der Waals surface area contributed by atoms with Gasteiger partial charge in [0.25, 0.3) is 0 Å². The molecule has 0 fully saturated rings. The van der Waals surface area contributed by atoms with Crippen LogP contribution in [0.5, 0.6) is 0 Å². The van der Waals surface area contributed by atoms with E-state index in [4.69, 9.17) is 0 Å². The molecular weight excluding hydrogens is 617 g/mol. The molecule has 4 aromatic carbocycles. The Hall–Kier alpha value is -0.806. The molecule has 0 nitrogen and oxygen atoms in total. The van der Waals surface area contributed by atoms with Crippen molar-refractivity contribution in [1.82, 2.24) is 0 Å². The van der Waals surface area contributed by atoms with Crippen LogP contribution in [0.2, 0.25) is 0 Å². The molecule has 0 saturated carbocycles. The van der Waals surface area contributed by atoms with Gasteiger partial charge in [0.05, 0.1) is 0 Å². The molecule has 0 atom stereocenters. The molecule has 0 aliphatic carbocycles. The van der Waals surface area contributed by atoms with Crippen LogP contribution in [-0.2, 0) is 16.5 Å². The van der Waals surface area contributed by atoms with E-state index in [1.807, 2.05) is 0 Å². The molecule has 0 spiro atoms. The average molecular weight is 643 g/mol. The second-order valence-corrected chi connectivity index (χ2v) is 17.4. The molecule has 0 aliphatic rings. The Bertz CT molecular complexity index is 999. The largest absolute Gasteiger partial charge is 0.108 e. The molecule has 0 unspecified atom stereocenters. The molecular formula is C28H26Br2NiP2. The minimum absolute atomic E-state index is 0. The monoisotopic (exact) mass is 640 g/mol. The molecule has 4 rings (SSSR count). The van der Waals surface area contributed by atoms with Gasteiger partial charge in [-0.15, -0.1) is 0 Å². The van der Waals surface area contributed by atoms with Gasteiger partial charge in [0, 0.05) is 16.5 Å². The van der Waals surface area contributed by atoms with E-state index >= 15 is 0 Å². The predicted molar refractivity (Wildman–Crippen MR) is 153 cm³/mol. The van der Waals surface area contributed by atoms with Crippen molar-refractivity contribution in [2.75, 3.05) is 6.16 Å². The van der Waals surface area contributed by atoms with Gasteiger partial charge in [0.2, 0.25) is 0 Å². The Morgan fingerprint density at radius 1 is 0.515 bits per heavy atom. The van der Waals surface area contributed by atoms with Gasteiger partial charge in [0.1, 0.15) is 2.97 Å². The van der Waals surface area contributed by atoms with Crippen molar-refractivity contribution in [3.05, 3.63) is 121 Å². The van der Waals surface area contributed by atoms with Gasteiger partial charge in [-0.25, -0.2) is 0 Å². The minimum Gasteiger partial charge on any atom is -0.0669 e. The first-order valence-electron chi connectivity index (χ1n) is 10.8. The third kappa shape index (κ3) is 7.34. The second-order valence-electron chi connectivity index (χ2n) is 7.60. The van der Waals surface area contributed by atoms with Crippen LogP contribution in [0.3, 0.4) is 0 Å². The summed E-state index contributed by atoms with van der Waals surface area (Å²) in [5, 5.41) is 5.68. The van der Waals surface area contributed by atoms with Crippen molar-refractivity contribution < 1.29 is 16.5 Å². The molecule has 33 heavy (non-hydrogen) atoms. The van der Waals surface area contributed by atoms with E-state index in [9.17, 15) is 0 Å². The Morgan fingerprint density at radius 2 is 0.848 bits per heavy atom. The van der Waals surface area contributed by atoms with E-state index in [1.165, 1.54) is 27.4 Å². The Balaban J connectivity index is 0.00000306. The van der Waals surface area contributed by atoms with Crippen molar-refractivity contribution in [3.63, 3.8) is 0 Å². The average Bonchev–Trinajstić information content (AvgIpc) is 2.84. The van der Waals surface area contributed by atoms with Gasteiger partial charge in [0.15, 0.2) is 0 Å². The molecule has 0 amide bonds. The van der Waals surface area contributed by atoms with Crippen LogP contribution < -0.4 is 21.2 Å². The molecule has 4 aromatic rings. The standard InChI is InChI=1S/C28H26Br2P2.Ni/c29-28(30,32(26-18-9-3-10-19-26)27-20-11-4-12-21-27)22-13-23-31(24-14-5-1-6-15-24)25-16-7-2-8-17-25;/h1-12,14-21H,13,22-23H2;. The summed E-state index contributed by atoms with van der Waals surface area (Å²) >= 11 is 8.27. The molecule has 0 bridgehead atoms. The SMILES string of the molecule is BrC(Br)(CCCP(c1ccccc1)c1ccccc1)P(c1ccccc1)c1ccccc1.[Ni]. The third-order valence-corrected chi connectivity index (χ3v) is 13.4. The first-order valence-corrected chi connectivity index (χ1v) is 15.3. The van der Waals surface area contributed by atoms with Crippen LogP contribution in [-0.4, -0.2) is 9.14 Å². The van der Waals surface area contributed by atoms with Gasteiger partial charge >= 0.3 is 0 Å². The number of hydrogen-bond acceptors (Lipinski definition) is 0. The van der Waals surface area contributed by atoms with Crippen LogP contribution in [0, 0.1) is 0 Å². The molecule has 172 valence electrons. The zero-order valence-electron chi connectivity index (χ0n) is 18.1. The zero-order chi connectivity index (χ0) is 22.2. The fourth-order valence-electron chi connectivity index (χ4n) is 3.87. The van der Waals surface area contributed by atoms with E-state index in [1.54, 1.807) is 0 Å². The fourth-order valence-corrected chi connectivity index (χ4v) is 11.6. The van der Waals surface area contributed by atoms with E-state index in [0.29, 0.717) is 0 Å². The topological polar surface area (TPSA) is 0 Å². The van der Waals surface area contributed by atoms with Gasteiger partial charge < -0.3 is 0 Å². The summed E-state index contributed by atoms with van der Waals surface area (Å²) in [4.78, 5) is 0. The van der Waals surface area contributed by atoms with Gasteiger partial charge in [-0.3, -0.25) is 0 Å². The summed E-state index contributed by atoms with van der Waals surface area (Å²) in [6.07, 6.45) is 3.38. The van der Waals surface area contributed by atoms with E-state index in [0.717, 1.165) is 12.8 Å². The van der Waals surface area contributed by atoms with Crippen molar-refractivity contribution >= 4 is 68.9 Å². The van der Waals surface area contributed by atoms with Crippen LogP contribution >= 0.6 is 47.7 Å². The summed E-state index contributed by atoms with van der Waals surface area (Å²) in [6, 6.07) is 43.8. The van der Waals surface area contributed by atoms with Crippen LogP contribution in [0.1, 0.15) is 12.8 Å². The number of alkyl halides is 2. The molecule has 5 heteroatoms. The first-order chi connectivity index (χ1) is 15.6. The molecule has 0 saturated heterocycles. The second kappa shape index (κ2) is 13.3. The van der Waals surface area contributed by atoms with Crippen LogP contribution in [0.4, 0.5) is 0 Å². The maximum absolute atomic E-state index is 4.14. The summed E-state index contributed by atoms with van der Waals surface area (Å²) in [5.41, 5.74) is 0. The summed E-state index contributed by atoms with van der Waals surface area (Å²) < 4.78 is -0.146. The predicted octanol–water partition coefficient (Wildman–Crippen LogP) is 7.47. The van der Waals surface area contributed by atoms with Crippen LogP contribution in [0.25, 0.3) is 0 Å². The van der Waals surface area contributed by atoms with Gasteiger partial charge in [-0.2, -0.15) is 0 Å².